The van der Waals surface area contributed by atoms with E-state index in [0.29, 0.717) is 13.1 Å². The lowest BCUT2D eigenvalue weighted by Gasteiger charge is -2.35. The fourth-order valence-corrected chi connectivity index (χ4v) is 2.42. The van der Waals surface area contributed by atoms with Crippen molar-refractivity contribution in [1.29, 1.82) is 0 Å². The number of nitrogens with one attached hydrogen (secondary N) is 1. The number of carboxylic acids is 1. The molecule has 0 aromatic rings. The molecule has 0 aromatic carbocycles. The minimum Gasteiger partial charge on any atom is -0.481 e. The van der Waals surface area contributed by atoms with E-state index in [2.05, 4.69) is 17.2 Å². The molecule has 5 heteroatoms. The Labute approximate surface area is 114 Å². The Morgan fingerprint density at radius 1 is 1.53 bits per heavy atom. The van der Waals surface area contributed by atoms with Crippen LogP contribution < -0.4 is 5.32 Å². The summed E-state index contributed by atoms with van der Waals surface area (Å²) in [7, 11) is 0. The van der Waals surface area contributed by atoms with Gasteiger partial charge in [0.15, 0.2) is 0 Å². The second kappa shape index (κ2) is 7.67. The number of rotatable bonds is 4. The molecule has 1 fully saturated rings. The smallest absolute Gasteiger partial charge is 0.318 e. The highest BCUT2D eigenvalue weighted by Gasteiger charge is 2.28. The topological polar surface area (TPSA) is 69.6 Å². The number of hydrogen-bond acceptors (Lipinski definition) is 2. The molecule has 0 spiro atoms. The molecule has 0 saturated carbocycles. The number of carboxylic acid groups (broad SMARTS) is 1. The zero-order chi connectivity index (χ0) is 14.3. The molecule has 1 aliphatic rings. The molecule has 2 N–H and O–H groups in total. The lowest BCUT2D eigenvalue weighted by molar-refractivity contribution is -0.138. The molecule has 2 amide bonds. The summed E-state index contributed by atoms with van der Waals surface area (Å²) in [6, 6.07) is -0.102. The minimum absolute atomic E-state index is 0.100. The van der Waals surface area contributed by atoms with Gasteiger partial charge in [0, 0.05) is 19.5 Å². The van der Waals surface area contributed by atoms with Crippen LogP contribution in [-0.4, -0.2) is 41.6 Å². The van der Waals surface area contributed by atoms with Gasteiger partial charge in [-0.3, -0.25) is 4.79 Å². The van der Waals surface area contributed by atoms with Crippen LogP contribution in [0.5, 0.6) is 0 Å². The van der Waals surface area contributed by atoms with E-state index < -0.39 is 5.97 Å². The van der Waals surface area contributed by atoms with Crippen molar-refractivity contribution in [3.05, 3.63) is 0 Å². The van der Waals surface area contributed by atoms with Crippen molar-refractivity contribution < 1.29 is 14.7 Å². The minimum atomic E-state index is -0.771. The highest BCUT2D eigenvalue weighted by atomic mass is 16.4. The van der Waals surface area contributed by atoms with Crippen molar-refractivity contribution in [3.63, 3.8) is 0 Å². The summed E-state index contributed by atoms with van der Waals surface area (Å²) >= 11 is 0. The Bertz CT molecular complexity index is 384. The van der Waals surface area contributed by atoms with Crippen LogP contribution in [-0.2, 0) is 4.79 Å². The number of amides is 2. The molecule has 0 radical (unpaired) electrons. The lowest BCUT2D eigenvalue weighted by Crippen LogP contribution is -2.46. The number of aliphatic carboxylic acids is 1. The maximum Gasteiger partial charge on any atom is 0.318 e. The van der Waals surface area contributed by atoms with Crippen LogP contribution in [0.15, 0.2) is 0 Å². The van der Waals surface area contributed by atoms with Crippen LogP contribution in [0, 0.1) is 23.7 Å². The molecule has 2 unspecified atom stereocenters. The highest BCUT2D eigenvalue weighted by Crippen LogP contribution is 2.26. The van der Waals surface area contributed by atoms with E-state index in [1.807, 2.05) is 6.92 Å². The molecule has 0 aromatic heterocycles. The second-order valence-corrected chi connectivity index (χ2v) is 5.01. The number of carbonyl (C=O) groups is 2. The third kappa shape index (κ3) is 5.21. The summed E-state index contributed by atoms with van der Waals surface area (Å²) in [6.45, 7) is 5.42. The van der Waals surface area contributed by atoms with E-state index in [1.165, 1.54) is 0 Å². The predicted molar refractivity (Wildman–Crippen MR) is 72.6 cm³/mol. The van der Waals surface area contributed by atoms with Crippen LogP contribution >= 0.6 is 0 Å². The lowest BCUT2D eigenvalue weighted by atomic mass is 9.85. The maximum absolute atomic E-state index is 11.9. The van der Waals surface area contributed by atoms with Crippen LogP contribution in [0.2, 0.25) is 0 Å². The Hall–Kier alpha value is -1.70. The molecule has 19 heavy (non-hydrogen) atoms. The zero-order valence-electron chi connectivity index (χ0n) is 11.6. The fraction of sp³-hybridized carbons (Fsp3) is 0.714. The Balaban J connectivity index is 2.46. The molecule has 1 heterocycles. The summed E-state index contributed by atoms with van der Waals surface area (Å²) in [5.74, 6) is 5.12. The van der Waals surface area contributed by atoms with Gasteiger partial charge in [0.1, 0.15) is 0 Å². The summed E-state index contributed by atoms with van der Waals surface area (Å²) in [5, 5.41) is 11.6. The SMILES string of the molecule is CC#CCNC(=O)N1CCCC(C(C)CC(=O)O)C1. The van der Waals surface area contributed by atoms with Gasteiger partial charge in [0.25, 0.3) is 0 Å². The largest absolute Gasteiger partial charge is 0.481 e. The van der Waals surface area contributed by atoms with Gasteiger partial charge < -0.3 is 15.3 Å². The van der Waals surface area contributed by atoms with Crippen molar-refractivity contribution in [1.82, 2.24) is 10.2 Å². The fourth-order valence-electron chi connectivity index (χ4n) is 2.42. The number of nitrogens with zero attached hydrogens (tertiary/aromatic N) is 1. The molecule has 106 valence electrons. The third-order valence-electron chi connectivity index (χ3n) is 3.55. The standard InChI is InChI=1S/C14H22N2O3/c1-3-4-7-15-14(19)16-8-5-6-12(10-16)11(2)9-13(17)18/h11-12H,5-10H2,1-2H3,(H,15,19)(H,17,18). The molecule has 1 aliphatic heterocycles. The van der Waals surface area contributed by atoms with Crippen LogP contribution in [0.1, 0.15) is 33.1 Å². The monoisotopic (exact) mass is 266 g/mol. The molecular formula is C14H22N2O3. The zero-order valence-corrected chi connectivity index (χ0v) is 11.6. The van der Waals surface area contributed by atoms with Gasteiger partial charge in [-0.25, -0.2) is 4.79 Å². The van der Waals surface area contributed by atoms with Gasteiger partial charge >= 0.3 is 12.0 Å². The van der Waals surface area contributed by atoms with Gasteiger partial charge in [-0.2, -0.15) is 0 Å². The molecule has 0 bridgehead atoms. The number of likely N-dealkylation sites (tertiary alicyclic amines) is 1. The van der Waals surface area contributed by atoms with E-state index >= 15 is 0 Å². The maximum atomic E-state index is 11.9. The van der Waals surface area contributed by atoms with E-state index in [0.717, 1.165) is 19.4 Å². The summed E-state index contributed by atoms with van der Waals surface area (Å²) < 4.78 is 0. The Morgan fingerprint density at radius 2 is 2.26 bits per heavy atom. The van der Waals surface area contributed by atoms with E-state index in [9.17, 15) is 9.59 Å². The normalized spacial score (nSPS) is 20.1. The van der Waals surface area contributed by atoms with Crippen LogP contribution in [0.4, 0.5) is 4.79 Å². The first-order valence-electron chi connectivity index (χ1n) is 6.68. The average Bonchev–Trinajstić information content (AvgIpc) is 2.38. The van der Waals surface area contributed by atoms with E-state index in [1.54, 1.807) is 11.8 Å². The van der Waals surface area contributed by atoms with Crippen molar-refractivity contribution >= 4 is 12.0 Å². The average molecular weight is 266 g/mol. The number of piperidine rings is 1. The van der Waals surface area contributed by atoms with Crippen molar-refractivity contribution in [2.45, 2.75) is 33.1 Å². The van der Waals surface area contributed by atoms with Crippen LogP contribution in [0.3, 0.4) is 0 Å². The Kier molecular flexibility index (Phi) is 6.20. The first kappa shape index (κ1) is 15.4. The van der Waals surface area contributed by atoms with E-state index in [-0.39, 0.29) is 24.3 Å². The van der Waals surface area contributed by atoms with Gasteiger partial charge in [-0.05, 0) is 31.6 Å². The summed E-state index contributed by atoms with van der Waals surface area (Å²) in [6.07, 6.45) is 2.09. The van der Waals surface area contributed by atoms with Gasteiger partial charge in [-0.15, -0.1) is 5.92 Å². The first-order chi connectivity index (χ1) is 9.04. The van der Waals surface area contributed by atoms with Crippen molar-refractivity contribution in [2.24, 2.45) is 11.8 Å². The van der Waals surface area contributed by atoms with Crippen molar-refractivity contribution in [2.75, 3.05) is 19.6 Å². The van der Waals surface area contributed by atoms with Gasteiger partial charge in [-0.1, -0.05) is 12.8 Å². The predicted octanol–water partition coefficient (Wildman–Crippen LogP) is 1.54. The molecule has 1 saturated heterocycles. The number of hydrogen-bond donors (Lipinski definition) is 2. The Morgan fingerprint density at radius 3 is 2.89 bits per heavy atom. The quantitative estimate of drug-likeness (QED) is 0.758. The first-order valence-corrected chi connectivity index (χ1v) is 6.68. The summed E-state index contributed by atoms with van der Waals surface area (Å²) in [4.78, 5) is 24.4. The molecule has 0 aliphatic carbocycles. The molecular weight excluding hydrogens is 244 g/mol. The number of urea groups is 1. The van der Waals surface area contributed by atoms with Crippen LogP contribution in [0.25, 0.3) is 0 Å². The molecule has 5 nitrogen and oxygen atoms in total. The van der Waals surface area contributed by atoms with E-state index in [4.69, 9.17) is 5.11 Å². The summed E-state index contributed by atoms with van der Waals surface area (Å²) in [5.41, 5.74) is 0. The second-order valence-electron chi connectivity index (χ2n) is 5.01. The van der Waals surface area contributed by atoms with Gasteiger partial charge in [0.05, 0.1) is 6.54 Å². The van der Waals surface area contributed by atoms with Crippen molar-refractivity contribution in [3.8, 4) is 11.8 Å². The molecule has 1 rings (SSSR count). The third-order valence-corrected chi connectivity index (χ3v) is 3.55. The number of carbonyl (C=O) groups excluding carboxylic acids is 1. The molecule has 2 atom stereocenters. The van der Waals surface area contributed by atoms with Gasteiger partial charge in [0.2, 0.25) is 0 Å². The highest BCUT2D eigenvalue weighted by molar-refractivity contribution is 5.74.